The van der Waals surface area contributed by atoms with Gasteiger partial charge in [-0.25, -0.2) is 4.98 Å². The van der Waals surface area contributed by atoms with Gasteiger partial charge in [0.15, 0.2) is 0 Å². The summed E-state index contributed by atoms with van der Waals surface area (Å²) in [5, 5.41) is 3.09. The lowest BCUT2D eigenvalue weighted by Gasteiger charge is -2.06. The molecule has 0 aliphatic rings. The highest BCUT2D eigenvalue weighted by Crippen LogP contribution is 2.31. The van der Waals surface area contributed by atoms with Crippen LogP contribution in [0.4, 0.5) is 0 Å². The van der Waals surface area contributed by atoms with E-state index >= 15 is 0 Å². The Kier molecular flexibility index (Phi) is 3.56. The van der Waals surface area contributed by atoms with Crippen LogP contribution in [0.5, 0.6) is 0 Å². The summed E-state index contributed by atoms with van der Waals surface area (Å²) in [6.45, 7) is 2.08. The van der Waals surface area contributed by atoms with Crippen molar-refractivity contribution in [1.82, 2.24) is 4.98 Å². The van der Waals surface area contributed by atoms with Gasteiger partial charge >= 0.3 is 0 Å². The second-order valence-electron chi connectivity index (χ2n) is 3.34. The molecule has 0 aromatic carbocycles. The van der Waals surface area contributed by atoms with Gasteiger partial charge in [-0.1, -0.05) is 0 Å². The quantitative estimate of drug-likeness (QED) is 0.942. The Morgan fingerprint density at radius 3 is 2.93 bits per heavy atom. The summed E-state index contributed by atoms with van der Waals surface area (Å²) in [7, 11) is 0. The lowest BCUT2D eigenvalue weighted by molar-refractivity contribution is 0.732. The minimum Gasteiger partial charge on any atom is -0.323 e. The SMILES string of the molecule is Cc1cc(C(N)Cc2nccs2)sc1Br. The van der Waals surface area contributed by atoms with E-state index in [1.807, 2.05) is 11.6 Å². The Labute approximate surface area is 105 Å². The standard InChI is InChI=1S/C10H11BrN2S2/c1-6-4-8(15-10(6)11)7(12)5-9-13-2-3-14-9/h2-4,7H,5,12H2,1H3. The highest BCUT2D eigenvalue weighted by molar-refractivity contribution is 9.11. The van der Waals surface area contributed by atoms with Crippen LogP contribution in [0.15, 0.2) is 21.4 Å². The van der Waals surface area contributed by atoms with Crippen LogP contribution in [-0.4, -0.2) is 4.98 Å². The minimum absolute atomic E-state index is 0.0612. The molecular formula is C10H11BrN2S2. The van der Waals surface area contributed by atoms with E-state index in [0.717, 1.165) is 11.4 Å². The molecule has 0 fully saturated rings. The van der Waals surface area contributed by atoms with Gasteiger partial charge in [0, 0.05) is 28.9 Å². The average Bonchev–Trinajstić information content (AvgIpc) is 2.78. The molecule has 2 nitrogen and oxygen atoms in total. The molecule has 0 aliphatic carbocycles. The Balaban J connectivity index is 2.11. The smallest absolute Gasteiger partial charge is 0.0944 e. The Bertz CT molecular complexity index is 417. The molecule has 0 aliphatic heterocycles. The number of hydrogen-bond acceptors (Lipinski definition) is 4. The minimum atomic E-state index is 0.0612. The fourth-order valence-corrected chi connectivity index (χ4v) is 3.56. The molecule has 2 aromatic rings. The van der Waals surface area contributed by atoms with Crippen LogP contribution in [-0.2, 0) is 6.42 Å². The predicted molar refractivity (Wildman–Crippen MR) is 69.5 cm³/mol. The van der Waals surface area contributed by atoms with Crippen LogP contribution < -0.4 is 5.73 Å². The summed E-state index contributed by atoms with van der Waals surface area (Å²) in [4.78, 5) is 5.46. The molecule has 2 aromatic heterocycles. The van der Waals surface area contributed by atoms with Gasteiger partial charge in [-0.3, -0.25) is 0 Å². The van der Waals surface area contributed by atoms with Crippen molar-refractivity contribution >= 4 is 38.6 Å². The first-order valence-electron chi connectivity index (χ1n) is 4.56. The number of nitrogens with zero attached hydrogens (tertiary/aromatic N) is 1. The third kappa shape index (κ3) is 2.66. The maximum absolute atomic E-state index is 6.12. The summed E-state index contributed by atoms with van der Waals surface area (Å²) in [6, 6.07) is 2.21. The zero-order chi connectivity index (χ0) is 10.8. The Hall–Kier alpha value is -0.230. The second-order valence-corrected chi connectivity index (χ2v) is 6.72. The number of aryl methyl sites for hydroxylation is 1. The lowest BCUT2D eigenvalue weighted by Crippen LogP contribution is -2.11. The zero-order valence-corrected chi connectivity index (χ0v) is 11.5. The van der Waals surface area contributed by atoms with Crippen molar-refractivity contribution in [3.05, 3.63) is 36.9 Å². The third-order valence-corrected chi connectivity index (χ3v) is 5.19. The van der Waals surface area contributed by atoms with Gasteiger partial charge in [0.1, 0.15) is 0 Å². The van der Waals surface area contributed by atoms with Gasteiger partial charge in [0.2, 0.25) is 0 Å². The molecule has 0 saturated carbocycles. The molecule has 0 spiro atoms. The van der Waals surface area contributed by atoms with Crippen molar-refractivity contribution in [2.45, 2.75) is 19.4 Å². The van der Waals surface area contributed by atoms with Crippen molar-refractivity contribution in [2.24, 2.45) is 5.73 Å². The van der Waals surface area contributed by atoms with E-state index in [4.69, 9.17) is 5.73 Å². The number of thiazole rings is 1. The predicted octanol–water partition coefficient (Wildman–Crippen LogP) is 3.52. The molecule has 80 valence electrons. The fraction of sp³-hybridized carbons (Fsp3) is 0.300. The molecule has 0 amide bonds. The molecule has 1 atom stereocenters. The first-order valence-corrected chi connectivity index (χ1v) is 7.05. The van der Waals surface area contributed by atoms with Gasteiger partial charge in [-0.15, -0.1) is 22.7 Å². The molecule has 5 heteroatoms. The number of rotatable bonds is 3. The monoisotopic (exact) mass is 302 g/mol. The molecule has 2 N–H and O–H groups in total. The molecule has 2 rings (SSSR count). The summed E-state index contributed by atoms with van der Waals surface area (Å²) >= 11 is 6.88. The summed E-state index contributed by atoms with van der Waals surface area (Å²) < 4.78 is 1.17. The maximum Gasteiger partial charge on any atom is 0.0944 e. The molecular weight excluding hydrogens is 292 g/mol. The van der Waals surface area contributed by atoms with Gasteiger partial charge in [-0.2, -0.15) is 0 Å². The van der Waals surface area contributed by atoms with Crippen LogP contribution in [0, 0.1) is 6.92 Å². The van der Waals surface area contributed by atoms with E-state index in [1.54, 1.807) is 22.7 Å². The molecule has 2 heterocycles. The van der Waals surface area contributed by atoms with Crippen LogP contribution in [0.3, 0.4) is 0 Å². The van der Waals surface area contributed by atoms with Crippen LogP contribution in [0.1, 0.15) is 21.5 Å². The number of hydrogen-bond donors (Lipinski definition) is 1. The Morgan fingerprint density at radius 1 is 1.60 bits per heavy atom. The highest BCUT2D eigenvalue weighted by Gasteiger charge is 2.12. The number of halogens is 1. The summed E-state index contributed by atoms with van der Waals surface area (Å²) in [5.41, 5.74) is 7.38. The third-order valence-electron chi connectivity index (χ3n) is 2.12. The van der Waals surface area contributed by atoms with Crippen molar-refractivity contribution in [3.63, 3.8) is 0 Å². The Morgan fingerprint density at radius 2 is 2.40 bits per heavy atom. The van der Waals surface area contributed by atoms with E-state index in [2.05, 4.69) is 33.9 Å². The first-order chi connectivity index (χ1) is 7.16. The zero-order valence-electron chi connectivity index (χ0n) is 8.24. The fourth-order valence-electron chi connectivity index (χ4n) is 1.31. The number of nitrogens with two attached hydrogens (primary N) is 1. The molecule has 15 heavy (non-hydrogen) atoms. The molecule has 1 unspecified atom stereocenters. The van der Waals surface area contributed by atoms with Crippen LogP contribution >= 0.6 is 38.6 Å². The average molecular weight is 303 g/mol. The van der Waals surface area contributed by atoms with Crippen molar-refractivity contribution in [1.29, 1.82) is 0 Å². The normalized spacial score (nSPS) is 13.0. The molecule has 0 saturated heterocycles. The van der Waals surface area contributed by atoms with Crippen molar-refractivity contribution in [3.8, 4) is 0 Å². The summed E-state index contributed by atoms with van der Waals surface area (Å²) in [5.74, 6) is 0. The largest absolute Gasteiger partial charge is 0.323 e. The first kappa shape index (κ1) is 11.3. The molecule has 0 bridgehead atoms. The second kappa shape index (κ2) is 4.74. The highest BCUT2D eigenvalue weighted by atomic mass is 79.9. The van der Waals surface area contributed by atoms with E-state index in [1.165, 1.54) is 14.2 Å². The van der Waals surface area contributed by atoms with Gasteiger partial charge in [0.05, 0.1) is 8.79 Å². The maximum atomic E-state index is 6.12. The van der Waals surface area contributed by atoms with Crippen molar-refractivity contribution < 1.29 is 0 Å². The van der Waals surface area contributed by atoms with Gasteiger partial charge < -0.3 is 5.73 Å². The topological polar surface area (TPSA) is 38.9 Å². The van der Waals surface area contributed by atoms with Gasteiger partial charge in [-0.05, 0) is 34.5 Å². The number of aromatic nitrogens is 1. The van der Waals surface area contributed by atoms with E-state index in [9.17, 15) is 0 Å². The van der Waals surface area contributed by atoms with E-state index in [-0.39, 0.29) is 6.04 Å². The summed E-state index contributed by atoms with van der Waals surface area (Å²) in [6.07, 6.45) is 2.65. The van der Waals surface area contributed by atoms with Crippen LogP contribution in [0.25, 0.3) is 0 Å². The lowest BCUT2D eigenvalue weighted by atomic mass is 10.2. The van der Waals surface area contributed by atoms with E-state index in [0.29, 0.717) is 0 Å². The van der Waals surface area contributed by atoms with Gasteiger partial charge in [0.25, 0.3) is 0 Å². The molecule has 0 radical (unpaired) electrons. The van der Waals surface area contributed by atoms with Crippen LogP contribution in [0.2, 0.25) is 0 Å². The number of thiophene rings is 1. The van der Waals surface area contributed by atoms with Crippen molar-refractivity contribution in [2.75, 3.05) is 0 Å². The van der Waals surface area contributed by atoms with E-state index < -0.39 is 0 Å².